The first kappa shape index (κ1) is 12.5. The molecule has 4 rings (SSSR count). The van der Waals surface area contributed by atoms with Crippen LogP contribution in [0, 0.1) is 0 Å². The van der Waals surface area contributed by atoms with Gasteiger partial charge in [-0.15, -0.1) is 5.10 Å². The molecule has 0 aliphatic rings. The van der Waals surface area contributed by atoms with E-state index in [1.165, 1.54) is 0 Å². The Labute approximate surface area is 126 Å². The minimum absolute atomic E-state index is 0.535. The van der Waals surface area contributed by atoms with Crippen molar-refractivity contribution in [3.05, 3.63) is 60.7 Å². The van der Waals surface area contributed by atoms with Crippen molar-refractivity contribution in [1.29, 1.82) is 0 Å². The lowest BCUT2D eigenvalue weighted by molar-refractivity contribution is 0.955. The molecule has 0 spiro atoms. The Kier molecular flexibility index (Phi) is 2.97. The standard InChI is InChI=1S/C16H12N6/c1-3-7-11(8-4-1)14-18-15(13-16(19-14)21-22-20-13)17-12-9-5-2-6-10-12/h1-10H,(H2,17,18,19,20,21,22). The molecule has 0 aliphatic heterocycles. The fourth-order valence-electron chi connectivity index (χ4n) is 2.21. The van der Waals surface area contributed by atoms with Gasteiger partial charge in [-0.05, 0) is 12.1 Å². The first-order chi connectivity index (χ1) is 10.9. The lowest BCUT2D eigenvalue weighted by atomic mass is 10.2. The third-order valence-electron chi connectivity index (χ3n) is 3.25. The highest BCUT2D eigenvalue weighted by Crippen LogP contribution is 2.24. The predicted octanol–water partition coefficient (Wildman–Crippen LogP) is 3.16. The number of hydrogen-bond donors (Lipinski definition) is 2. The third-order valence-corrected chi connectivity index (χ3v) is 3.25. The van der Waals surface area contributed by atoms with Gasteiger partial charge in [-0.1, -0.05) is 48.5 Å². The van der Waals surface area contributed by atoms with E-state index in [0.717, 1.165) is 11.3 Å². The fourth-order valence-corrected chi connectivity index (χ4v) is 2.21. The maximum absolute atomic E-state index is 4.59. The number of fused-ring (bicyclic) bond motifs is 1. The van der Waals surface area contributed by atoms with Crippen molar-refractivity contribution in [2.75, 3.05) is 5.32 Å². The highest BCUT2D eigenvalue weighted by Gasteiger charge is 2.12. The Balaban J connectivity index is 1.84. The van der Waals surface area contributed by atoms with Crippen LogP contribution < -0.4 is 5.32 Å². The van der Waals surface area contributed by atoms with Crippen molar-refractivity contribution in [2.24, 2.45) is 0 Å². The lowest BCUT2D eigenvalue weighted by Gasteiger charge is -2.07. The van der Waals surface area contributed by atoms with E-state index in [2.05, 4.69) is 30.7 Å². The molecular weight excluding hydrogens is 276 g/mol. The van der Waals surface area contributed by atoms with Crippen LogP contribution in [-0.2, 0) is 0 Å². The molecule has 0 atom stereocenters. The van der Waals surface area contributed by atoms with E-state index in [-0.39, 0.29) is 0 Å². The number of para-hydroxylation sites is 1. The second kappa shape index (κ2) is 5.25. The van der Waals surface area contributed by atoms with E-state index < -0.39 is 0 Å². The molecule has 0 radical (unpaired) electrons. The average Bonchev–Trinajstić information content (AvgIpc) is 3.05. The van der Waals surface area contributed by atoms with Crippen LogP contribution in [0.15, 0.2) is 60.7 Å². The van der Waals surface area contributed by atoms with Crippen molar-refractivity contribution in [1.82, 2.24) is 25.4 Å². The summed E-state index contributed by atoms with van der Waals surface area (Å²) in [4.78, 5) is 9.05. The minimum atomic E-state index is 0.535. The van der Waals surface area contributed by atoms with E-state index in [4.69, 9.17) is 0 Å². The Morgan fingerprint density at radius 1 is 0.773 bits per heavy atom. The quantitative estimate of drug-likeness (QED) is 0.605. The summed E-state index contributed by atoms with van der Waals surface area (Å²) in [6, 6.07) is 19.6. The zero-order valence-corrected chi connectivity index (χ0v) is 11.6. The monoisotopic (exact) mass is 288 g/mol. The smallest absolute Gasteiger partial charge is 0.207 e. The number of nitrogens with one attached hydrogen (secondary N) is 2. The molecule has 0 unspecified atom stereocenters. The van der Waals surface area contributed by atoms with Gasteiger partial charge in [-0.2, -0.15) is 10.3 Å². The van der Waals surface area contributed by atoms with E-state index in [1.807, 2.05) is 60.7 Å². The first-order valence-corrected chi connectivity index (χ1v) is 6.86. The van der Waals surface area contributed by atoms with Gasteiger partial charge < -0.3 is 5.32 Å². The van der Waals surface area contributed by atoms with Crippen LogP contribution in [0.2, 0.25) is 0 Å². The number of benzene rings is 2. The van der Waals surface area contributed by atoms with Crippen LogP contribution in [0.1, 0.15) is 0 Å². The number of aromatic amines is 1. The molecule has 0 amide bonds. The molecular formula is C16H12N6. The van der Waals surface area contributed by atoms with Crippen molar-refractivity contribution in [3.8, 4) is 11.4 Å². The van der Waals surface area contributed by atoms with Gasteiger partial charge in [0, 0.05) is 11.3 Å². The second-order valence-electron chi connectivity index (χ2n) is 4.75. The molecule has 2 aromatic carbocycles. The Morgan fingerprint density at radius 3 is 2.27 bits per heavy atom. The number of hydrogen-bond acceptors (Lipinski definition) is 5. The molecule has 106 valence electrons. The summed E-state index contributed by atoms with van der Waals surface area (Å²) in [5.74, 6) is 1.24. The molecule has 0 saturated heterocycles. The number of nitrogens with zero attached hydrogens (tertiary/aromatic N) is 4. The average molecular weight is 288 g/mol. The molecule has 0 aliphatic carbocycles. The second-order valence-corrected chi connectivity index (χ2v) is 4.75. The van der Waals surface area contributed by atoms with Gasteiger partial charge in [-0.3, -0.25) is 0 Å². The fraction of sp³-hybridized carbons (Fsp3) is 0. The summed E-state index contributed by atoms with van der Waals surface area (Å²) in [6.45, 7) is 0. The minimum Gasteiger partial charge on any atom is -0.338 e. The van der Waals surface area contributed by atoms with Gasteiger partial charge in [0.1, 0.15) is 0 Å². The van der Waals surface area contributed by atoms with Crippen molar-refractivity contribution < 1.29 is 0 Å². The van der Waals surface area contributed by atoms with Gasteiger partial charge in [0.05, 0.1) is 0 Å². The molecule has 0 saturated carbocycles. The molecule has 2 heterocycles. The van der Waals surface area contributed by atoms with Gasteiger partial charge in [0.2, 0.25) is 5.65 Å². The molecule has 2 N–H and O–H groups in total. The highest BCUT2D eigenvalue weighted by molar-refractivity contribution is 5.86. The van der Waals surface area contributed by atoms with Gasteiger partial charge >= 0.3 is 0 Å². The Bertz CT molecular complexity index is 902. The number of anilines is 2. The summed E-state index contributed by atoms with van der Waals surface area (Å²) < 4.78 is 0. The van der Waals surface area contributed by atoms with Crippen LogP contribution in [0.5, 0.6) is 0 Å². The van der Waals surface area contributed by atoms with Crippen molar-refractivity contribution in [3.63, 3.8) is 0 Å². The Morgan fingerprint density at radius 2 is 1.50 bits per heavy atom. The number of aromatic nitrogens is 5. The van der Waals surface area contributed by atoms with Gasteiger partial charge in [0.25, 0.3) is 0 Å². The maximum Gasteiger partial charge on any atom is 0.207 e. The zero-order valence-electron chi connectivity index (χ0n) is 11.6. The van der Waals surface area contributed by atoms with Crippen LogP contribution in [-0.4, -0.2) is 25.4 Å². The molecule has 0 fully saturated rings. The van der Waals surface area contributed by atoms with Crippen LogP contribution in [0.25, 0.3) is 22.6 Å². The number of H-pyrrole nitrogens is 1. The van der Waals surface area contributed by atoms with E-state index in [9.17, 15) is 0 Å². The summed E-state index contributed by atoms with van der Waals surface area (Å²) in [5, 5.41) is 14.1. The van der Waals surface area contributed by atoms with Gasteiger partial charge in [-0.25, -0.2) is 9.97 Å². The normalized spacial score (nSPS) is 10.7. The summed E-state index contributed by atoms with van der Waals surface area (Å²) in [5.41, 5.74) is 3.02. The SMILES string of the molecule is c1ccc(Nc2nc(-c3ccccc3)nc3n[nH]nc23)cc1. The molecule has 0 bridgehead atoms. The highest BCUT2D eigenvalue weighted by atomic mass is 15.4. The van der Waals surface area contributed by atoms with Crippen molar-refractivity contribution in [2.45, 2.75) is 0 Å². The van der Waals surface area contributed by atoms with Crippen LogP contribution >= 0.6 is 0 Å². The topological polar surface area (TPSA) is 79.4 Å². The van der Waals surface area contributed by atoms with E-state index in [0.29, 0.717) is 22.8 Å². The van der Waals surface area contributed by atoms with Gasteiger partial charge in [0.15, 0.2) is 17.2 Å². The lowest BCUT2D eigenvalue weighted by Crippen LogP contribution is -1.99. The van der Waals surface area contributed by atoms with E-state index in [1.54, 1.807) is 0 Å². The largest absolute Gasteiger partial charge is 0.338 e. The molecule has 4 aromatic rings. The van der Waals surface area contributed by atoms with Crippen LogP contribution in [0.3, 0.4) is 0 Å². The summed E-state index contributed by atoms with van der Waals surface area (Å²) in [7, 11) is 0. The zero-order chi connectivity index (χ0) is 14.8. The van der Waals surface area contributed by atoms with Crippen LogP contribution in [0.4, 0.5) is 11.5 Å². The molecule has 2 aromatic heterocycles. The first-order valence-electron chi connectivity index (χ1n) is 6.86. The molecule has 6 nitrogen and oxygen atoms in total. The third kappa shape index (κ3) is 2.26. The summed E-state index contributed by atoms with van der Waals surface area (Å²) >= 11 is 0. The van der Waals surface area contributed by atoms with Crippen molar-refractivity contribution >= 4 is 22.7 Å². The Hall–Kier alpha value is -3.28. The molecule has 22 heavy (non-hydrogen) atoms. The maximum atomic E-state index is 4.59. The molecule has 6 heteroatoms. The number of rotatable bonds is 3. The predicted molar refractivity (Wildman–Crippen MR) is 84.6 cm³/mol. The summed E-state index contributed by atoms with van der Waals surface area (Å²) in [6.07, 6.45) is 0. The van der Waals surface area contributed by atoms with E-state index >= 15 is 0 Å².